The van der Waals surface area contributed by atoms with E-state index in [0.29, 0.717) is 24.3 Å². The lowest BCUT2D eigenvalue weighted by Crippen LogP contribution is -2.31. The van der Waals surface area contributed by atoms with Crippen molar-refractivity contribution in [1.29, 1.82) is 0 Å². The predicted octanol–water partition coefficient (Wildman–Crippen LogP) is 2.62. The highest BCUT2D eigenvalue weighted by molar-refractivity contribution is 7.09. The molecule has 2 aromatic rings. The van der Waals surface area contributed by atoms with Crippen LogP contribution in [0.3, 0.4) is 0 Å². The van der Waals surface area contributed by atoms with Crippen molar-refractivity contribution in [1.82, 2.24) is 5.32 Å². The van der Waals surface area contributed by atoms with Gasteiger partial charge in [0.25, 0.3) is 5.91 Å². The molecule has 6 nitrogen and oxygen atoms in total. The highest BCUT2D eigenvalue weighted by Crippen LogP contribution is 2.13. The molecular weight excluding hydrogens is 354 g/mol. The monoisotopic (exact) mass is 375 g/mol. The number of ether oxygens (including phenoxy) is 2. The standard InChI is InChI=1S/C19H21NO5S/c1-2-17(21)14-5-7-15(8-6-14)24-13-19(23)25-12-18(22)20-10-9-16-4-3-11-26-16/h3-8,11H,2,9-10,12-13H2,1H3,(H,20,22). The first-order chi connectivity index (χ1) is 12.6. The van der Waals surface area contributed by atoms with Gasteiger partial charge in [-0.25, -0.2) is 4.79 Å². The van der Waals surface area contributed by atoms with E-state index >= 15 is 0 Å². The summed E-state index contributed by atoms with van der Waals surface area (Å²) < 4.78 is 10.1. The SMILES string of the molecule is CCC(=O)c1ccc(OCC(=O)OCC(=O)NCCc2cccs2)cc1. The largest absolute Gasteiger partial charge is 0.482 e. The fourth-order valence-electron chi connectivity index (χ4n) is 2.10. The van der Waals surface area contributed by atoms with Gasteiger partial charge in [-0.05, 0) is 42.1 Å². The molecule has 0 saturated carbocycles. The number of rotatable bonds is 10. The van der Waals surface area contributed by atoms with Crippen LogP contribution < -0.4 is 10.1 Å². The zero-order valence-corrected chi connectivity index (χ0v) is 15.3. The number of nitrogens with one attached hydrogen (secondary N) is 1. The van der Waals surface area contributed by atoms with Gasteiger partial charge in [-0.2, -0.15) is 0 Å². The molecule has 1 N–H and O–H groups in total. The summed E-state index contributed by atoms with van der Waals surface area (Å²) >= 11 is 1.63. The van der Waals surface area contributed by atoms with Gasteiger partial charge in [0, 0.05) is 23.4 Å². The molecule has 0 bridgehead atoms. The Morgan fingerprint density at radius 1 is 1.08 bits per heavy atom. The number of ketones is 1. The molecule has 0 aliphatic rings. The van der Waals surface area contributed by atoms with Crippen molar-refractivity contribution in [3.05, 3.63) is 52.2 Å². The van der Waals surface area contributed by atoms with E-state index in [4.69, 9.17) is 9.47 Å². The molecule has 1 amide bonds. The molecule has 0 unspecified atom stereocenters. The van der Waals surface area contributed by atoms with Crippen molar-refractivity contribution in [3.63, 3.8) is 0 Å². The number of esters is 1. The third-order valence-corrected chi connectivity index (χ3v) is 4.43. The molecule has 0 radical (unpaired) electrons. The highest BCUT2D eigenvalue weighted by atomic mass is 32.1. The summed E-state index contributed by atoms with van der Waals surface area (Å²) in [6.45, 7) is 1.65. The van der Waals surface area contributed by atoms with E-state index in [-0.39, 0.29) is 24.9 Å². The Hall–Kier alpha value is -2.67. The lowest BCUT2D eigenvalue weighted by atomic mass is 10.1. The van der Waals surface area contributed by atoms with Crippen LogP contribution in [0.1, 0.15) is 28.6 Å². The van der Waals surface area contributed by atoms with Crippen LogP contribution in [-0.4, -0.2) is 37.4 Å². The van der Waals surface area contributed by atoms with Gasteiger partial charge in [-0.1, -0.05) is 13.0 Å². The van der Waals surface area contributed by atoms with E-state index in [1.165, 1.54) is 4.88 Å². The summed E-state index contributed by atoms with van der Waals surface area (Å²) in [6, 6.07) is 10.5. The first kappa shape index (κ1) is 19.7. The van der Waals surface area contributed by atoms with E-state index in [1.54, 1.807) is 42.5 Å². The average Bonchev–Trinajstić information content (AvgIpc) is 3.18. The molecular formula is C19H21NO5S. The Balaban J connectivity index is 1.62. The van der Waals surface area contributed by atoms with Gasteiger partial charge in [0.1, 0.15) is 5.75 Å². The molecule has 1 aromatic heterocycles. The third kappa shape index (κ3) is 6.68. The quantitative estimate of drug-likeness (QED) is 0.510. The van der Waals surface area contributed by atoms with Crippen LogP contribution in [0.4, 0.5) is 0 Å². The molecule has 26 heavy (non-hydrogen) atoms. The Labute approximate surface area is 156 Å². The summed E-state index contributed by atoms with van der Waals surface area (Å²) in [5.41, 5.74) is 0.599. The average molecular weight is 375 g/mol. The number of carbonyl (C=O) groups excluding carboxylic acids is 3. The number of benzene rings is 1. The minimum absolute atomic E-state index is 0.0426. The molecule has 138 valence electrons. The Kier molecular flexibility index (Phi) is 7.82. The summed E-state index contributed by atoms with van der Waals surface area (Å²) in [4.78, 5) is 36.0. The van der Waals surface area contributed by atoms with Crippen molar-refractivity contribution in [2.45, 2.75) is 19.8 Å². The van der Waals surface area contributed by atoms with E-state index in [9.17, 15) is 14.4 Å². The molecule has 0 aliphatic carbocycles. The maximum atomic E-state index is 11.6. The topological polar surface area (TPSA) is 81.7 Å². The van der Waals surface area contributed by atoms with Gasteiger partial charge in [-0.15, -0.1) is 11.3 Å². The number of hydrogen-bond donors (Lipinski definition) is 1. The molecule has 2 rings (SSSR count). The minimum Gasteiger partial charge on any atom is -0.482 e. The van der Waals surface area contributed by atoms with Gasteiger partial charge in [-0.3, -0.25) is 9.59 Å². The molecule has 0 spiro atoms. The Morgan fingerprint density at radius 2 is 1.85 bits per heavy atom. The third-order valence-electron chi connectivity index (χ3n) is 3.49. The van der Waals surface area contributed by atoms with Crippen LogP contribution >= 0.6 is 11.3 Å². The summed E-state index contributed by atoms with van der Waals surface area (Å²) in [7, 11) is 0. The Bertz CT molecular complexity index is 725. The van der Waals surface area contributed by atoms with Gasteiger partial charge in [0.05, 0.1) is 0 Å². The van der Waals surface area contributed by atoms with Gasteiger partial charge >= 0.3 is 5.97 Å². The van der Waals surface area contributed by atoms with Gasteiger partial charge in [0.2, 0.25) is 0 Å². The molecule has 1 heterocycles. The minimum atomic E-state index is -0.632. The van der Waals surface area contributed by atoms with Crippen LogP contribution in [0.15, 0.2) is 41.8 Å². The van der Waals surface area contributed by atoms with E-state index in [2.05, 4.69) is 5.32 Å². The number of carbonyl (C=O) groups is 3. The van der Waals surface area contributed by atoms with Crippen molar-refractivity contribution in [2.75, 3.05) is 19.8 Å². The second kappa shape index (κ2) is 10.4. The zero-order valence-electron chi connectivity index (χ0n) is 14.5. The van der Waals surface area contributed by atoms with Crippen LogP contribution in [-0.2, 0) is 20.7 Å². The number of thiophene rings is 1. The first-order valence-corrected chi connectivity index (χ1v) is 9.17. The van der Waals surface area contributed by atoms with Crippen LogP contribution in [0, 0.1) is 0 Å². The van der Waals surface area contributed by atoms with Crippen LogP contribution in [0.2, 0.25) is 0 Å². The lowest BCUT2D eigenvalue weighted by Gasteiger charge is -2.08. The molecule has 0 atom stereocenters. The van der Waals surface area contributed by atoms with Gasteiger partial charge < -0.3 is 14.8 Å². The van der Waals surface area contributed by atoms with E-state index < -0.39 is 5.97 Å². The number of Topliss-reactive ketones (excluding diaryl/α,β-unsaturated/α-hetero) is 1. The van der Waals surface area contributed by atoms with Gasteiger partial charge in [0.15, 0.2) is 19.0 Å². The van der Waals surface area contributed by atoms with E-state index in [0.717, 1.165) is 6.42 Å². The van der Waals surface area contributed by atoms with Crippen molar-refractivity contribution < 1.29 is 23.9 Å². The van der Waals surface area contributed by atoms with E-state index in [1.807, 2.05) is 17.5 Å². The molecule has 0 aliphatic heterocycles. The summed E-state index contributed by atoms with van der Waals surface area (Å²) in [6.07, 6.45) is 1.18. The summed E-state index contributed by atoms with van der Waals surface area (Å²) in [5.74, 6) is -0.486. The highest BCUT2D eigenvalue weighted by Gasteiger charge is 2.09. The maximum Gasteiger partial charge on any atom is 0.344 e. The number of amides is 1. The fourth-order valence-corrected chi connectivity index (χ4v) is 2.81. The molecule has 7 heteroatoms. The van der Waals surface area contributed by atoms with Crippen molar-refractivity contribution in [2.24, 2.45) is 0 Å². The first-order valence-electron chi connectivity index (χ1n) is 8.29. The van der Waals surface area contributed by atoms with Crippen LogP contribution in [0.25, 0.3) is 0 Å². The smallest absolute Gasteiger partial charge is 0.344 e. The molecule has 0 fully saturated rings. The second-order valence-electron chi connectivity index (χ2n) is 5.43. The predicted molar refractivity (Wildman–Crippen MR) is 98.6 cm³/mol. The van der Waals surface area contributed by atoms with Crippen LogP contribution in [0.5, 0.6) is 5.75 Å². The second-order valence-corrected chi connectivity index (χ2v) is 6.46. The van der Waals surface area contributed by atoms with Crippen molar-refractivity contribution >= 4 is 29.0 Å². The Morgan fingerprint density at radius 3 is 2.50 bits per heavy atom. The maximum absolute atomic E-state index is 11.6. The fraction of sp³-hybridized carbons (Fsp3) is 0.316. The normalized spacial score (nSPS) is 10.2. The zero-order chi connectivity index (χ0) is 18.8. The van der Waals surface area contributed by atoms with Crippen molar-refractivity contribution in [3.8, 4) is 5.75 Å². The molecule has 0 saturated heterocycles. The number of hydrogen-bond acceptors (Lipinski definition) is 6. The lowest BCUT2D eigenvalue weighted by molar-refractivity contribution is -0.150. The molecule has 1 aromatic carbocycles. The summed E-state index contributed by atoms with van der Waals surface area (Å²) in [5, 5.41) is 4.67.